The first-order chi connectivity index (χ1) is 9.22. The molecule has 0 saturated heterocycles. The summed E-state index contributed by atoms with van der Waals surface area (Å²) in [7, 11) is 1.92. The molecule has 0 amide bonds. The molecule has 0 aliphatic heterocycles. The van der Waals surface area contributed by atoms with Crippen LogP contribution in [0, 0.1) is 5.82 Å². The summed E-state index contributed by atoms with van der Waals surface area (Å²) < 4.78 is 16.0. The van der Waals surface area contributed by atoms with E-state index in [1.807, 2.05) is 29.9 Å². The van der Waals surface area contributed by atoms with Crippen LogP contribution in [0.3, 0.4) is 0 Å². The van der Waals surface area contributed by atoms with Crippen LogP contribution in [0.25, 0.3) is 0 Å². The predicted molar refractivity (Wildman–Crippen MR) is 72.3 cm³/mol. The van der Waals surface area contributed by atoms with Gasteiger partial charge in [-0.3, -0.25) is 0 Å². The molecule has 1 saturated carbocycles. The minimum Gasteiger partial charge on any atom is -0.338 e. The van der Waals surface area contributed by atoms with E-state index in [9.17, 15) is 4.39 Å². The molecule has 0 bridgehead atoms. The maximum atomic E-state index is 14.0. The number of hydrogen-bond donors (Lipinski definition) is 1. The summed E-state index contributed by atoms with van der Waals surface area (Å²) in [6, 6.07) is 6.15. The Balaban J connectivity index is 1.70. The summed E-state index contributed by atoms with van der Waals surface area (Å²) in [5.74, 6) is 0.737. The van der Waals surface area contributed by atoms with Gasteiger partial charge in [-0.2, -0.15) is 0 Å². The average Bonchev–Trinajstić information content (AvgIpc) is 3.14. The number of aryl methyl sites for hydroxylation is 1. The van der Waals surface area contributed by atoms with Crippen LogP contribution < -0.4 is 5.32 Å². The van der Waals surface area contributed by atoms with Crippen LogP contribution in [0.5, 0.6) is 0 Å². The van der Waals surface area contributed by atoms with Crippen LogP contribution in [-0.4, -0.2) is 15.6 Å². The molecule has 0 spiro atoms. The molecule has 0 unspecified atom stereocenters. The summed E-state index contributed by atoms with van der Waals surface area (Å²) in [4.78, 5) is 4.23. The van der Waals surface area contributed by atoms with Crippen LogP contribution in [0.4, 0.5) is 4.39 Å². The molecule has 19 heavy (non-hydrogen) atoms. The van der Waals surface area contributed by atoms with Gasteiger partial charge in [0.05, 0.1) is 0 Å². The Morgan fingerprint density at radius 1 is 1.42 bits per heavy atom. The minimum absolute atomic E-state index is 0.141. The Morgan fingerprint density at radius 2 is 2.26 bits per heavy atom. The van der Waals surface area contributed by atoms with E-state index >= 15 is 0 Å². The molecule has 3 rings (SSSR count). The van der Waals surface area contributed by atoms with E-state index in [1.54, 1.807) is 12.3 Å². The Hall–Kier alpha value is -1.68. The fourth-order valence-corrected chi connectivity index (χ4v) is 2.13. The molecule has 1 aromatic heterocycles. The number of rotatable bonds is 5. The summed E-state index contributed by atoms with van der Waals surface area (Å²) in [5.41, 5.74) is 1.71. The number of benzene rings is 1. The van der Waals surface area contributed by atoms with Gasteiger partial charge in [-0.05, 0) is 30.0 Å². The van der Waals surface area contributed by atoms with Crippen molar-refractivity contribution in [2.45, 2.75) is 31.8 Å². The van der Waals surface area contributed by atoms with Gasteiger partial charge in [0.2, 0.25) is 0 Å². The van der Waals surface area contributed by atoms with E-state index in [2.05, 4.69) is 10.3 Å². The van der Waals surface area contributed by atoms with E-state index < -0.39 is 0 Å². The van der Waals surface area contributed by atoms with Crippen LogP contribution in [0.15, 0.2) is 30.6 Å². The molecular formula is C15H18FN3. The van der Waals surface area contributed by atoms with Crippen molar-refractivity contribution in [3.63, 3.8) is 0 Å². The molecule has 1 fully saturated rings. The summed E-state index contributed by atoms with van der Waals surface area (Å²) >= 11 is 0. The quantitative estimate of drug-likeness (QED) is 0.893. The fraction of sp³-hybridized carbons (Fsp3) is 0.400. The van der Waals surface area contributed by atoms with E-state index in [0.717, 1.165) is 17.9 Å². The Kier molecular flexibility index (Phi) is 3.34. The highest BCUT2D eigenvalue weighted by Gasteiger charge is 2.20. The first kappa shape index (κ1) is 12.4. The number of nitrogens with one attached hydrogen (secondary N) is 1. The van der Waals surface area contributed by atoms with Crippen LogP contribution in [-0.2, 0) is 20.0 Å². The molecule has 0 atom stereocenters. The van der Waals surface area contributed by atoms with Crippen molar-refractivity contribution in [1.29, 1.82) is 0 Å². The minimum atomic E-state index is -0.141. The molecule has 1 heterocycles. The van der Waals surface area contributed by atoms with Crippen LogP contribution in [0.2, 0.25) is 0 Å². The first-order valence-corrected chi connectivity index (χ1v) is 6.69. The van der Waals surface area contributed by atoms with Crippen LogP contribution in [0.1, 0.15) is 29.8 Å². The van der Waals surface area contributed by atoms with Gasteiger partial charge in [-0.15, -0.1) is 0 Å². The highest BCUT2D eigenvalue weighted by Crippen LogP contribution is 2.20. The molecular weight excluding hydrogens is 241 g/mol. The Labute approximate surface area is 112 Å². The van der Waals surface area contributed by atoms with Crippen LogP contribution >= 0.6 is 0 Å². The summed E-state index contributed by atoms with van der Waals surface area (Å²) in [6.45, 7) is 0.754. The second kappa shape index (κ2) is 5.13. The zero-order valence-electron chi connectivity index (χ0n) is 11.1. The lowest BCUT2D eigenvalue weighted by Gasteiger charge is -2.07. The third kappa shape index (κ3) is 3.01. The maximum Gasteiger partial charge on any atom is 0.127 e. The lowest BCUT2D eigenvalue weighted by molar-refractivity contribution is 0.603. The molecule has 100 valence electrons. The maximum absolute atomic E-state index is 14.0. The molecule has 1 N–H and O–H groups in total. The van der Waals surface area contributed by atoms with Gasteiger partial charge in [0.1, 0.15) is 11.6 Å². The Bertz CT molecular complexity index is 573. The lowest BCUT2D eigenvalue weighted by atomic mass is 10.1. The van der Waals surface area contributed by atoms with Gasteiger partial charge < -0.3 is 9.88 Å². The molecule has 4 heteroatoms. The van der Waals surface area contributed by atoms with Crippen molar-refractivity contribution in [2.24, 2.45) is 7.05 Å². The molecule has 3 nitrogen and oxygen atoms in total. The molecule has 1 aliphatic rings. The van der Waals surface area contributed by atoms with E-state index in [1.165, 1.54) is 12.8 Å². The van der Waals surface area contributed by atoms with Gasteiger partial charge in [0.15, 0.2) is 0 Å². The molecule has 1 aromatic carbocycles. The number of imidazole rings is 1. The Morgan fingerprint density at radius 3 is 2.89 bits per heavy atom. The number of aromatic nitrogens is 2. The van der Waals surface area contributed by atoms with Crippen molar-refractivity contribution in [3.05, 3.63) is 53.4 Å². The second-order valence-corrected chi connectivity index (χ2v) is 5.21. The number of halogens is 1. The first-order valence-electron chi connectivity index (χ1n) is 6.69. The number of nitrogens with zero attached hydrogens (tertiary/aromatic N) is 2. The van der Waals surface area contributed by atoms with Gasteiger partial charge in [-0.25, -0.2) is 9.37 Å². The standard InChI is InChI=1S/C15H18FN3/c1-19-7-6-17-15(19)9-12-3-2-11(8-14(12)16)10-18-13-4-5-13/h2-3,6-8,13,18H,4-5,9-10H2,1H3. The summed E-state index contributed by atoms with van der Waals surface area (Å²) in [5, 5.41) is 3.39. The third-order valence-corrected chi connectivity index (χ3v) is 3.56. The molecule has 2 aromatic rings. The van der Waals surface area contributed by atoms with Crippen molar-refractivity contribution in [1.82, 2.24) is 14.9 Å². The lowest BCUT2D eigenvalue weighted by Crippen LogP contribution is -2.15. The summed E-state index contributed by atoms with van der Waals surface area (Å²) in [6.07, 6.45) is 6.65. The van der Waals surface area contributed by atoms with Crippen molar-refractivity contribution in [2.75, 3.05) is 0 Å². The highest BCUT2D eigenvalue weighted by molar-refractivity contribution is 5.27. The van der Waals surface area contributed by atoms with E-state index in [4.69, 9.17) is 0 Å². The van der Waals surface area contributed by atoms with Crippen molar-refractivity contribution >= 4 is 0 Å². The average molecular weight is 259 g/mol. The van der Waals surface area contributed by atoms with Gasteiger partial charge in [-0.1, -0.05) is 12.1 Å². The zero-order chi connectivity index (χ0) is 13.2. The zero-order valence-corrected chi connectivity index (χ0v) is 11.1. The van der Waals surface area contributed by atoms with Gasteiger partial charge >= 0.3 is 0 Å². The van der Waals surface area contributed by atoms with E-state index in [-0.39, 0.29) is 5.82 Å². The number of hydrogen-bond acceptors (Lipinski definition) is 2. The second-order valence-electron chi connectivity index (χ2n) is 5.21. The third-order valence-electron chi connectivity index (χ3n) is 3.56. The van der Waals surface area contributed by atoms with E-state index in [0.29, 0.717) is 18.0 Å². The predicted octanol–water partition coefficient (Wildman–Crippen LogP) is 2.40. The van der Waals surface area contributed by atoms with Crippen molar-refractivity contribution < 1.29 is 4.39 Å². The van der Waals surface area contributed by atoms with Crippen molar-refractivity contribution in [3.8, 4) is 0 Å². The molecule has 0 radical (unpaired) electrons. The smallest absolute Gasteiger partial charge is 0.127 e. The topological polar surface area (TPSA) is 29.9 Å². The fourth-order valence-electron chi connectivity index (χ4n) is 2.13. The highest BCUT2D eigenvalue weighted by atomic mass is 19.1. The monoisotopic (exact) mass is 259 g/mol. The van der Waals surface area contributed by atoms with Gasteiger partial charge in [0.25, 0.3) is 0 Å². The largest absolute Gasteiger partial charge is 0.338 e. The van der Waals surface area contributed by atoms with Gasteiger partial charge in [0, 0.05) is 38.4 Å². The normalized spacial score (nSPS) is 14.8. The SMILES string of the molecule is Cn1ccnc1Cc1ccc(CNC2CC2)cc1F. The molecule has 1 aliphatic carbocycles.